The molecule has 3 saturated carbocycles. The van der Waals surface area contributed by atoms with Gasteiger partial charge in [0.15, 0.2) is 0 Å². The Morgan fingerprint density at radius 2 is 0.963 bits per heavy atom. The lowest BCUT2D eigenvalue weighted by Gasteiger charge is -2.37. The third-order valence-electron chi connectivity index (χ3n) is 8.58. The lowest BCUT2D eigenvalue weighted by Crippen LogP contribution is -2.25. The number of allylic oxidation sites excluding steroid dienone is 2. The lowest BCUT2D eigenvalue weighted by molar-refractivity contribution is 0.151. The zero-order valence-electron chi connectivity index (χ0n) is 18.6. The molecule has 0 heterocycles. The Morgan fingerprint density at radius 3 is 1.48 bits per heavy atom. The lowest BCUT2D eigenvalue weighted by atomic mass is 9.68. The maximum atomic E-state index is 2.66. The summed E-state index contributed by atoms with van der Waals surface area (Å²) >= 11 is 0. The van der Waals surface area contributed by atoms with Gasteiger partial charge >= 0.3 is 0 Å². The van der Waals surface area contributed by atoms with Gasteiger partial charge in [0.2, 0.25) is 0 Å². The summed E-state index contributed by atoms with van der Waals surface area (Å²) in [5.74, 6) is 6.11. The van der Waals surface area contributed by atoms with Gasteiger partial charge in [-0.2, -0.15) is 0 Å². The first-order chi connectivity index (χ1) is 13.3. The maximum Gasteiger partial charge on any atom is -0.0233 e. The van der Waals surface area contributed by atoms with Crippen LogP contribution in [-0.4, -0.2) is 0 Å². The highest BCUT2D eigenvalue weighted by Crippen LogP contribution is 2.42. The van der Waals surface area contributed by atoms with Crippen LogP contribution in [-0.2, 0) is 0 Å². The highest BCUT2D eigenvalue weighted by Gasteiger charge is 2.30. The quantitative estimate of drug-likeness (QED) is 0.373. The fourth-order valence-corrected chi connectivity index (χ4v) is 6.64. The van der Waals surface area contributed by atoms with Crippen molar-refractivity contribution in [2.45, 2.75) is 123 Å². The summed E-state index contributed by atoms with van der Waals surface area (Å²) in [5.41, 5.74) is 0. The monoisotopic (exact) mass is 372 g/mol. The van der Waals surface area contributed by atoms with Crippen molar-refractivity contribution in [1.82, 2.24) is 0 Å². The molecule has 3 aliphatic carbocycles. The topological polar surface area (TPSA) is 0 Å². The van der Waals surface area contributed by atoms with Crippen molar-refractivity contribution in [1.29, 1.82) is 0 Å². The van der Waals surface area contributed by atoms with Gasteiger partial charge in [-0.05, 0) is 99.7 Å². The minimum Gasteiger partial charge on any atom is -0.0851 e. The first-order valence-electron chi connectivity index (χ1n) is 13.0. The van der Waals surface area contributed by atoms with Crippen LogP contribution >= 0.6 is 0 Å². The molecule has 0 aromatic heterocycles. The number of unbranched alkanes of at least 4 members (excludes halogenated alkanes) is 1. The molecule has 0 spiro atoms. The number of hydrogen-bond donors (Lipinski definition) is 0. The average molecular weight is 373 g/mol. The van der Waals surface area contributed by atoms with E-state index in [4.69, 9.17) is 0 Å². The van der Waals surface area contributed by atoms with E-state index >= 15 is 0 Å². The molecule has 0 bridgehead atoms. The van der Waals surface area contributed by atoms with Crippen molar-refractivity contribution >= 4 is 0 Å². The second-order valence-electron chi connectivity index (χ2n) is 10.6. The zero-order valence-corrected chi connectivity index (χ0v) is 18.6. The standard InChI is InChI=1S/C27H48/c1-3-5-7-23-14-18-26(19-15-23)27-20-16-25(17-21-27)13-12-24-10-8-22(6-4-2)9-11-24/h12-13,22-27H,3-11,14-21H2,1-2H3/b13-12+. The minimum atomic E-state index is 0.911. The van der Waals surface area contributed by atoms with Crippen LogP contribution in [0, 0.1) is 35.5 Å². The fraction of sp³-hybridized carbons (Fsp3) is 0.926. The van der Waals surface area contributed by atoms with Gasteiger partial charge in [-0.3, -0.25) is 0 Å². The molecule has 3 rings (SSSR count). The van der Waals surface area contributed by atoms with E-state index in [2.05, 4.69) is 26.0 Å². The van der Waals surface area contributed by atoms with Crippen molar-refractivity contribution < 1.29 is 0 Å². The third-order valence-corrected chi connectivity index (χ3v) is 8.58. The molecular weight excluding hydrogens is 324 g/mol. The van der Waals surface area contributed by atoms with Gasteiger partial charge in [0.25, 0.3) is 0 Å². The Hall–Kier alpha value is -0.260. The van der Waals surface area contributed by atoms with Crippen LogP contribution in [0.1, 0.15) is 123 Å². The first kappa shape index (κ1) is 21.4. The van der Waals surface area contributed by atoms with E-state index in [-0.39, 0.29) is 0 Å². The summed E-state index contributed by atoms with van der Waals surface area (Å²) in [6.45, 7) is 4.69. The zero-order chi connectivity index (χ0) is 18.9. The Kier molecular flexibility index (Phi) is 9.27. The summed E-state index contributed by atoms with van der Waals surface area (Å²) in [6.07, 6.45) is 30.7. The molecule has 0 radical (unpaired) electrons. The van der Waals surface area contributed by atoms with E-state index in [0.717, 1.165) is 35.5 Å². The highest BCUT2D eigenvalue weighted by atomic mass is 14.4. The molecule has 0 heteroatoms. The van der Waals surface area contributed by atoms with E-state index in [1.54, 1.807) is 25.7 Å². The molecule has 0 saturated heterocycles. The van der Waals surface area contributed by atoms with Gasteiger partial charge in [0, 0.05) is 0 Å². The second-order valence-corrected chi connectivity index (χ2v) is 10.6. The Bertz CT molecular complexity index is 398. The van der Waals surface area contributed by atoms with Gasteiger partial charge in [-0.15, -0.1) is 0 Å². The van der Waals surface area contributed by atoms with Crippen molar-refractivity contribution in [3.8, 4) is 0 Å². The highest BCUT2D eigenvalue weighted by molar-refractivity contribution is 4.97. The Morgan fingerprint density at radius 1 is 0.519 bits per heavy atom. The smallest absolute Gasteiger partial charge is 0.0233 e. The molecule has 0 aromatic rings. The predicted molar refractivity (Wildman–Crippen MR) is 120 cm³/mol. The van der Waals surface area contributed by atoms with Crippen LogP contribution in [0.3, 0.4) is 0 Å². The van der Waals surface area contributed by atoms with Crippen LogP contribution in [0.25, 0.3) is 0 Å². The van der Waals surface area contributed by atoms with Gasteiger partial charge in [0.05, 0.1) is 0 Å². The van der Waals surface area contributed by atoms with Crippen LogP contribution in [0.15, 0.2) is 12.2 Å². The Labute approximate surface area is 171 Å². The summed E-state index contributed by atoms with van der Waals surface area (Å²) in [6, 6.07) is 0. The molecule has 3 fully saturated rings. The molecule has 0 amide bonds. The summed E-state index contributed by atoms with van der Waals surface area (Å²) in [4.78, 5) is 0. The average Bonchev–Trinajstić information content (AvgIpc) is 2.73. The molecule has 3 aliphatic rings. The molecular formula is C27H48. The summed E-state index contributed by atoms with van der Waals surface area (Å²) < 4.78 is 0. The first-order valence-corrected chi connectivity index (χ1v) is 13.0. The summed E-state index contributed by atoms with van der Waals surface area (Å²) in [5, 5.41) is 0. The minimum absolute atomic E-state index is 0.911. The second kappa shape index (κ2) is 11.7. The molecule has 0 atom stereocenters. The van der Waals surface area contributed by atoms with Crippen LogP contribution in [0.5, 0.6) is 0 Å². The molecule has 0 unspecified atom stereocenters. The van der Waals surface area contributed by atoms with Gasteiger partial charge in [-0.25, -0.2) is 0 Å². The van der Waals surface area contributed by atoms with Crippen molar-refractivity contribution in [3.63, 3.8) is 0 Å². The fourth-order valence-electron chi connectivity index (χ4n) is 6.64. The molecule has 0 N–H and O–H groups in total. The summed E-state index contributed by atoms with van der Waals surface area (Å²) in [7, 11) is 0. The predicted octanol–water partition coefficient (Wildman–Crippen LogP) is 8.95. The van der Waals surface area contributed by atoms with E-state index in [1.807, 2.05) is 0 Å². The molecule has 156 valence electrons. The number of rotatable bonds is 8. The molecule has 0 aromatic carbocycles. The third kappa shape index (κ3) is 6.93. The van der Waals surface area contributed by atoms with Gasteiger partial charge in [0.1, 0.15) is 0 Å². The van der Waals surface area contributed by atoms with E-state index < -0.39 is 0 Å². The maximum absolute atomic E-state index is 2.66. The largest absolute Gasteiger partial charge is 0.0851 e. The van der Waals surface area contributed by atoms with Gasteiger partial charge in [-0.1, -0.05) is 70.9 Å². The van der Waals surface area contributed by atoms with Gasteiger partial charge < -0.3 is 0 Å². The van der Waals surface area contributed by atoms with Crippen LogP contribution in [0.4, 0.5) is 0 Å². The Balaban J connectivity index is 1.31. The van der Waals surface area contributed by atoms with E-state index in [0.29, 0.717) is 0 Å². The van der Waals surface area contributed by atoms with E-state index in [1.165, 1.54) is 83.5 Å². The van der Waals surface area contributed by atoms with Crippen molar-refractivity contribution in [3.05, 3.63) is 12.2 Å². The number of hydrogen-bond acceptors (Lipinski definition) is 0. The van der Waals surface area contributed by atoms with Crippen LogP contribution < -0.4 is 0 Å². The normalized spacial score (nSPS) is 38.3. The van der Waals surface area contributed by atoms with Crippen LogP contribution in [0.2, 0.25) is 0 Å². The molecule has 27 heavy (non-hydrogen) atoms. The molecule has 0 aliphatic heterocycles. The van der Waals surface area contributed by atoms with E-state index in [9.17, 15) is 0 Å². The van der Waals surface area contributed by atoms with Crippen molar-refractivity contribution in [2.75, 3.05) is 0 Å². The molecule has 0 nitrogen and oxygen atoms in total. The SMILES string of the molecule is CCCCC1CCC(C2CCC(/C=C/C3CCC(CCC)CC3)CC2)CC1. The van der Waals surface area contributed by atoms with Crippen molar-refractivity contribution in [2.24, 2.45) is 35.5 Å².